The van der Waals surface area contributed by atoms with E-state index in [1.807, 2.05) is 0 Å². The minimum Gasteiger partial charge on any atom is -0.395 e. The number of nitrogens with zero attached hydrogens (tertiary/aromatic N) is 3. The summed E-state index contributed by atoms with van der Waals surface area (Å²) in [5.41, 5.74) is 6.43. The minimum absolute atomic E-state index is 0.137. The standard InChI is InChI=1S/C11H18N4O/c12-6-9-7-13-11(14-8-9)15(4-5-16)10-2-1-3-10/h7-8,10,16H,1-6,12H2. The lowest BCUT2D eigenvalue weighted by atomic mass is 9.92. The van der Waals surface area contributed by atoms with Gasteiger partial charge in [0.15, 0.2) is 0 Å². The van der Waals surface area contributed by atoms with Crippen LogP contribution in [0.1, 0.15) is 24.8 Å². The molecule has 0 saturated heterocycles. The number of hydrogen-bond acceptors (Lipinski definition) is 5. The Morgan fingerprint density at radius 1 is 1.38 bits per heavy atom. The van der Waals surface area contributed by atoms with Gasteiger partial charge in [0.2, 0.25) is 5.95 Å². The smallest absolute Gasteiger partial charge is 0.225 e. The third kappa shape index (κ3) is 2.31. The van der Waals surface area contributed by atoms with Crippen LogP contribution in [-0.2, 0) is 6.54 Å². The van der Waals surface area contributed by atoms with Gasteiger partial charge < -0.3 is 15.7 Å². The topological polar surface area (TPSA) is 75.3 Å². The SMILES string of the molecule is NCc1cnc(N(CCO)C2CCC2)nc1. The first-order valence-corrected chi connectivity index (χ1v) is 5.73. The highest BCUT2D eigenvalue weighted by Crippen LogP contribution is 2.27. The van der Waals surface area contributed by atoms with Gasteiger partial charge in [0.05, 0.1) is 6.61 Å². The van der Waals surface area contributed by atoms with Gasteiger partial charge in [-0.05, 0) is 19.3 Å². The molecule has 16 heavy (non-hydrogen) atoms. The summed E-state index contributed by atoms with van der Waals surface area (Å²) in [6, 6.07) is 0.496. The van der Waals surface area contributed by atoms with E-state index in [0.717, 1.165) is 5.56 Å². The predicted octanol–water partition coefficient (Wildman–Crippen LogP) is 0.286. The molecule has 1 aliphatic carbocycles. The highest BCUT2D eigenvalue weighted by atomic mass is 16.3. The van der Waals surface area contributed by atoms with Crippen LogP contribution in [0.15, 0.2) is 12.4 Å². The highest BCUT2D eigenvalue weighted by molar-refractivity contribution is 5.32. The van der Waals surface area contributed by atoms with Crippen LogP contribution < -0.4 is 10.6 Å². The van der Waals surface area contributed by atoms with E-state index < -0.39 is 0 Å². The van der Waals surface area contributed by atoms with E-state index in [9.17, 15) is 0 Å². The Bertz CT molecular complexity index is 323. The second-order valence-corrected chi connectivity index (χ2v) is 4.10. The molecule has 0 aliphatic heterocycles. The lowest BCUT2D eigenvalue weighted by molar-refractivity contribution is 0.282. The van der Waals surface area contributed by atoms with Gasteiger partial charge in [0.25, 0.3) is 0 Å². The molecule has 1 fully saturated rings. The summed E-state index contributed by atoms with van der Waals surface area (Å²) >= 11 is 0. The van der Waals surface area contributed by atoms with E-state index in [0.29, 0.717) is 25.1 Å². The Kier molecular flexibility index (Phi) is 3.69. The quantitative estimate of drug-likeness (QED) is 0.748. The molecule has 1 aromatic rings. The zero-order valence-corrected chi connectivity index (χ0v) is 9.34. The maximum absolute atomic E-state index is 9.05. The molecule has 0 bridgehead atoms. The molecule has 0 aromatic carbocycles. The molecule has 0 unspecified atom stereocenters. The molecule has 0 amide bonds. The summed E-state index contributed by atoms with van der Waals surface area (Å²) in [7, 11) is 0. The summed E-state index contributed by atoms with van der Waals surface area (Å²) in [6.07, 6.45) is 7.11. The third-order valence-electron chi connectivity index (χ3n) is 3.04. The van der Waals surface area contributed by atoms with Gasteiger partial charge >= 0.3 is 0 Å². The van der Waals surface area contributed by atoms with Crippen molar-refractivity contribution in [2.45, 2.75) is 31.8 Å². The van der Waals surface area contributed by atoms with Crippen LogP contribution in [0.4, 0.5) is 5.95 Å². The zero-order valence-electron chi connectivity index (χ0n) is 9.34. The average molecular weight is 222 g/mol. The first-order chi connectivity index (χ1) is 7.85. The van der Waals surface area contributed by atoms with Crippen molar-refractivity contribution in [2.75, 3.05) is 18.1 Å². The monoisotopic (exact) mass is 222 g/mol. The molecule has 88 valence electrons. The lowest BCUT2D eigenvalue weighted by Gasteiger charge is -2.37. The van der Waals surface area contributed by atoms with Crippen molar-refractivity contribution in [1.29, 1.82) is 0 Å². The van der Waals surface area contributed by atoms with Crippen LogP contribution in [0.5, 0.6) is 0 Å². The Morgan fingerprint density at radius 3 is 2.50 bits per heavy atom. The lowest BCUT2D eigenvalue weighted by Crippen LogP contribution is -2.42. The van der Waals surface area contributed by atoms with Crippen LogP contribution >= 0.6 is 0 Å². The van der Waals surface area contributed by atoms with Crippen LogP contribution in [0.2, 0.25) is 0 Å². The molecule has 5 heteroatoms. The molecule has 1 aliphatic rings. The van der Waals surface area contributed by atoms with Crippen LogP contribution in [0.25, 0.3) is 0 Å². The van der Waals surface area contributed by atoms with Gasteiger partial charge in [0.1, 0.15) is 0 Å². The molecule has 0 radical (unpaired) electrons. The maximum atomic E-state index is 9.05. The number of aliphatic hydroxyl groups excluding tert-OH is 1. The number of rotatable bonds is 5. The summed E-state index contributed by atoms with van der Waals surface area (Å²) < 4.78 is 0. The van der Waals surface area contributed by atoms with E-state index in [-0.39, 0.29) is 6.61 Å². The summed E-state index contributed by atoms with van der Waals surface area (Å²) in [6.45, 7) is 1.20. The van der Waals surface area contributed by atoms with Gasteiger partial charge in [-0.1, -0.05) is 0 Å². The van der Waals surface area contributed by atoms with Crippen molar-refractivity contribution in [3.8, 4) is 0 Å². The van der Waals surface area contributed by atoms with Crippen molar-refractivity contribution < 1.29 is 5.11 Å². The normalized spacial score (nSPS) is 15.9. The molecule has 1 heterocycles. The fraction of sp³-hybridized carbons (Fsp3) is 0.636. The highest BCUT2D eigenvalue weighted by Gasteiger charge is 2.26. The van der Waals surface area contributed by atoms with Crippen LogP contribution in [0, 0.1) is 0 Å². The van der Waals surface area contributed by atoms with Gasteiger partial charge in [-0.25, -0.2) is 9.97 Å². The number of anilines is 1. The molecular formula is C11H18N4O. The second-order valence-electron chi connectivity index (χ2n) is 4.10. The maximum Gasteiger partial charge on any atom is 0.225 e. The van der Waals surface area contributed by atoms with Crippen LogP contribution in [-0.4, -0.2) is 34.3 Å². The van der Waals surface area contributed by atoms with E-state index in [1.165, 1.54) is 19.3 Å². The summed E-state index contributed by atoms with van der Waals surface area (Å²) in [5.74, 6) is 0.705. The number of aromatic nitrogens is 2. The summed E-state index contributed by atoms with van der Waals surface area (Å²) in [4.78, 5) is 10.7. The fourth-order valence-corrected chi connectivity index (χ4v) is 1.85. The molecule has 2 rings (SSSR count). The largest absolute Gasteiger partial charge is 0.395 e. The minimum atomic E-state index is 0.137. The Labute approximate surface area is 95.3 Å². The molecule has 5 nitrogen and oxygen atoms in total. The van der Waals surface area contributed by atoms with Crippen molar-refractivity contribution in [2.24, 2.45) is 5.73 Å². The Morgan fingerprint density at radius 2 is 2.06 bits per heavy atom. The molecular weight excluding hydrogens is 204 g/mol. The van der Waals surface area contributed by atoms with Crippen molar-refractivity contribution in [3.05, 3.63) is 18.0 Å². The van der Waals surface area contributed by atoms with Crippen molar-refractivity contribution in [3.63, 3.8) is 0 Å². The Balaban J connectivity index is 2.10. The van der Waals surface area contributed by atoms with E-state index in [1.54, 1.807) is 12.4 Å². The molecule has 1 aromatic heterocycles. The van der Waals surface area contributed by atoms with Gasteiger partial charge in [-0.2, -0.15) is 0 Å². The molecule has 3 N–H and O–H groups in total. The molecule has 0 spiro atoms. The van der Waals surface area contributed by atoms with Crippen molar-refractivity contribution >= 4 is 5.95 Å². The van der Waals surface area contributed by atoms with Gasteiger partial charge in [-0.15, -0.1) is 0 Å². The number of aliphatic hydroxyl groups is 1. The number of nitrogens with two attached hydrogens (primary N) is 1. The average Bonchev–Trinajstić information content (AvgIpc) is 2.26. The van der Waals surface area contributed by atoms with Gasteiger partial charge in [-0.3, -0.25) is 0 Å². The van der Waals surface area contributed by atoms with E-state index >= 15 is 0 Å². The zero-order chi connectivity index (χ0) is 11.4. The number of hydrogen-bond donors (Lipinski definition) is 2. The van der Waals surface area contributed by atoms with Crippen molar-refractivity contribution in [1.82, 2.24) is 9.97 Å². The van der Waals surface area contributed by atoms with Gasteiger partial charge in [0, 0.05) is 37.1 Å². The first-order valence-electron chi connectivity index (χ1n) is 5.73. The van der Waals surface area contributed by atoms with Crippen LogP contribution in [0.3, 0.4) is 0 Å². The van der Waals surface area contributed by atoms with E-state index in [4.69, 9.17) is 10.8 Å². The third-order valence-corrected chi connectivity index (χ3v) is 3.04. The fourth-order valence-electron chi connectivity index (χ4n) is 1.85. The molecule has 0 atom stereocenters. The first kappa shape index (κ1) is 11.3. The summed E-state index contributed by atoms with van der Waals surface area (Å²) in [5, 5.41) is 9.05. The second kappa shape index (κ2) is 5.23. The predicted molar refractivity (Wildman–Crippen MR) is 62.0 cm³/mol. The molecule has 1 saturated carbocycles. The Hall–Kier alpha value is -1.20. The van der Waals surface area contributed by atoms with E-state index in [2.05, 4.69) is 14.9 Å².